The van der Waals surface area contributed by atoms with Crippen LogP contribution >= 0.6 is 0 Å². The Morgan fingerprint density at radius 1 is 1.12 bits per heavy atom. The van der Waals surface area contributed by atoms with Crippen molar-refractivity contribution in [2.24, 2.45) is 0 Å². The number of allylic oxidation sites excluding steroid dienone is 1. The van der Waals surface area contributed by atoms with E-state index in [9.17, 15) is 4.79 Å². The summed E-state index contributed by atoms with van der Waals surface area (Å²) in [7, 11) is 0. The van der Waals surface area contributed by atoms with Crippen LogP contribution in [0, 0.1) is 0 Å². The minimum atomic E-state index is -0.471. The number of carbonyl (C=O) groups excluding carboxylic acids is 1. The van der Waals surface area contributed by atoms with Crippen LogP contribution in [0.25, 0.3) is 17.0 Å². The minimum absolute atomic E-state index is 0.141. The lowest BCUT2D eigenvalue weighted by atomic mass is 9.76. The van der Waals surface area contributed by atoms with Gasteiger partial charge in [0.05, 0.1) is 16.6 Å². The fraction of sp³-hybridized carbons (Fsp3) is 0.200. The molecule has 1 aliphatic carbocycles. The van der Waals surface area contributed by atoms with E-state index in [1.807, 2.05) is 44.2 Å². The lowest BCUT2D eigenvalue weighted by Crippen LogP contribution is -2.30. The van der Waals surface area contributed by atoms with E-state index in [-0.39, 0.29) is 5.78 Å². The van der Waals surface area contributed by atoms with Crippen LogP contribution in [-0.2, 0) is 10.2 Å². The first-order valence-electron chi connectivity index (χ1n) is 5.72. The molecule has 1 aromatic heterocycles. The molecule has 0 unspecified atom stereocenters. The molecule has 2 heteroatoms. The zero-order valence-corrected chi connectivity index (χ0v) is 9.90. The second-order valence-electron chi connectivity index (χ2n) is 4.94. The molecular formula is C15H13NO. The fourth-order valence-corrected chi connectivity index (χ4v) is 2.25. The summed E-state index contributed by atoms with van der Waals surface area (Å²) in [5.74, 6) is 0.141. The van der Waals surface area contributed by atoms with E-state index < -0.39 is 5.41 Å². The Bertz CT molecular complexity index is 653. The molecule has 0 radical (unpaired) electrons. The summed E-state index contributed by atoms with van der Waals surface area (Å²) in [4.78, 5) is 16.5. The number of nitrogens with zero attached hydrogens (tertiary/aromatic N) is 1. The zero-order valence-electron chi connectivity index (χ0n) is 9.90. The maximum absolute atomic E-state index is 11.9. The number of hydrogen-bond donors (Lipinski definition) is 0. The highest BCUT2D eigenvalue weighted by molar-refractivity contribution is 6.05. The Kier molecular flexibility index (Phi) is 1.96. The van der Waals surface area contributed by atoms with E-state index in [0.717, 1.165) is 22.2 Å². The van der Waals surface area contributed by atoms with E-state index in [0.29, 0.717) is 0 Å². The topological polar surface area (TPSA) is 30.0 Å². The van der Waals surface area contributed by atoms with Crippen molar-refractivity contribution in [3.05, 3.63) is 47.7 Å². The average molecular weight is 223 g/mol. The highest BCUT2D eigenvalue weighted by atomic mass is 16.1. The van der Waals surface area contributed by atoms with Gasteiger partial charge in [-0.2, -0.15) is 0 Å². The smallest absolute Gasteiger partial charge is 0.165 e. The highest BCUT2D eigenvalue weighted by Gasteiger charge is 2.33. The molecule has 0 N–H and O–H groups in total. The number of pyridine rings is 1. The van der Waals surface area contributed by atoms with Crippen molar-refractivity contribution in [1.82, 2.24) is 4.98 Å². The number of para-hydroxylation sites is 1. The van der Waals surface area contributed by atoms with Crippen molar-refractivity contribution >= 4 is 22.8 Å². The number of benzene rings is 1. The molecule has 1 heterocycles. The van der Waals surface area contributed by atoms with Crippen molar-refractivity contribution in [2.45, 2.75) is 19.3 Å². The van der Waals surface area contributed by atoms with Crippen molar-refractivity contribution < 1.29 is 4.79 Å². The molecule has 0 amide bonds. The van der Waals surface area contributed by atoms with Gasteiger partial charge in [-0.3, -0.25) is 4.79 Å². The van der Waals surface area contributed by atoms with Crippen molar-refractivity contribution in [2.75, 3.05) is 0 Å². The van der Waals surface area contributed by atoms with E-state index in [2.05, 4.69) is 11.1 Å². The van der Waals surface area contributed by atoms with Crippen molar-refractivity contribution in [3.8, 4) is 0 Å². The zero-order chi connectivity index (χ0) is 12.0. The SMILES string of the molecule is CC1(C)C(=O)C=Cc2nc3ccccc3cc21. The first-order valence-corrected chi connectivity index (χ1v) is 5.72. The molecule has 0 aliphatic heterocycles. The molecule has 0 atom stereocenters. The van der Waals surface area contributed by atoms with E-state index in [4.69, 9.17) is 0 Å². The van der Waals surface area contributed by atoms with Gasteiger partial charge in [-0.1, -0.05) is 18.2 Å². The van der Waals surface area contributed by atoms with E-state index in [1.54, 1.807) is 6.08 Å². The molecule has 0 saturated heterocycles. The van der Waals surface area contributed by atoms with Crippen LogP contribution in [-0.4, -0.2) is 10.8 Å². The first kappa shape index (κ1) is 10.2. The Hall–Kier alpha value is -1.96. The molecule has 0 fully saturated rings. The van der Waals surface area contributed by atoms with Gasteiger partial charge in [0.15, 0.2) is 5.78 Å². The van der Waals surface area contributed by atoms with Crippen molar-refractivity contribution in [3.63, 3.8) is 0 Å². The van der Waals surface area contributed by atoms with E-state index >= 15 is 0 Å². The average Bonchev–Trinajstić information content (AvgIpc) is 2.33. The van der Waals surface area contributed by atoms with Crippen molar-refractivity contribution in [1.29, 1.82) is 0 Å². The van der Waals surface area contributed by atoms with Crippen LogP contribution in [0.15, 0.2) is 36.4 Å². The third-order valence-electron chi connectivity index (χ3n) is 3.44. The molecule has 3 rings (SSSR count). The minimum Gasteiger partial charge on any atom is -0.294 e. The molecule has 0 saturated carbocycles. The lowest BCUT2D eigenvalue weighted by Gasteiger charge is -2.27. The molecule has 1 aliphatic rings. The van der Waals surface area contributed by atoms with Gasteiger partial charge in [0.2, 0.25) is 0 Å². The summed E-state index contributed by atoms with van der Waals surface area (Å²) >= 11 is 0. The Balaban J connectivity index is 2.37. The van der Waals surface area contributed by atoms with Gasteiger partial charge in [-0.15, -0.1) is 0 Å². The van der Waals surface area contributed by atoms with Crippen LogP contribution in [0.4, 0.5) is 0 Å². The highest BCUT2D eigenvalue weighted by Crippen LogP contribution is 2.33. The molecule has 17 heavy (non-hydrogen) atoms. The number of aromatic nitrogens is 1. The summed E-state index contributed by atoms with van der Waals surface area (Å²) in [6.07, 6.45) is 3.44. The van der Waals surface area contributed by atoms with Gasteiger partial charge in [0.1, 0.15) is 0 Å². The Morgan fingerprint density at radius 2 is 1.88 bits per heavy atom. The quantitative estimate of drug-likeness (QED) is 0.687. The third kappa shape index (κ3) is 1.41. The molecule has 1 aromatic carbocycles. The maximum atomic E-state index is 11.9. The van der Waals surface area contributed by atoms with Crippen LogP contribution in [0.1, 0.15) is 25.1 Å². The standard InChI is InChI=1S/C15H13NO/c1-15(2)11-9-10-5-3-4-6-12(10)16-13(11)7-8-14(15)17/h3-9H,1-2H3. The van der Waals surface area contributed by atoms with Gasteiger partial charge in [-0.25, -0.2) is 4.98 Å². The second-order valence-corrected chi connectivity index (χ2v) is 4.94. The summed E-state index contributed by atoms with van der Waals surface area (Å²) in [6.45, 7) is 3.90. The van der Waals surface area contributed by atoms with Gasteiger partial charge in [-0.05, 0) is 43.7 Å². The van der Waals surface area contributed by atoms with Crippen LogP contribution in [0.3, 0.4) is 0 Å². The molecule has 2 aromatic rings. The molecule has 0 bridgehead atoms. The molecule has 2 nitrogen and oxygen atoms in total. The van der Waals surface area contributed by atoms with E-state index in [1.165, 1.54) is 0 Å². The summed E-state index contributed by atoms with van der Waals surface area (Å²) in [6, 6.07) is 10.1. The summed E-state index contributed by atoms with van der Waals surface area (Å²) in [5, 5.41) is 1.09. The Labute approximate surface area is 100.0 Å². The molecule has 0 spiro atoms. The maximum Gasteiger partial charge on any atom is 0.165 e. The predicted octanol–water partition coefficient (Wildman–Crippen LogP) is 3.11. The molecule has 84 valence electrons. The van der Waals surface area contributed by atoms with Gasteiger partial charge in [0.25, 0.3) is 0 Å². The largest absolute Gasteiger partial charge is 0.294 e. The normalized spacial score (nSPS) is 17.2. The van der Waals surface area contributed by atoms with Gasteiger partial charge < -0.3 is 0 Å². The number of ketones is 1. The van der Waals surface area contributed by atoms with Crippen LogP contribution in [0.2, 0.25) is 0 Å². The monoisotopic (exact) mass is 223 g/mol. The molecular weight excluding hydrogens is 210 g/mol. The van der Waals surface area contributed by atoms with Gasteiger partial charge >= 0.3 is 0 Å². The lowest BCUT2D eigenvalue weighted by molar-refractivity contribution is -0.118. The van der Waals surface area contributed by atoms with Gasteiger partial charge in [0, 0.05) is 5.39 Å². The predicted molar refractivity (Wildman–Crippen MR) is 68.8 cm³/mol. The Morgan fingerprint density at radius 3 is 2.71 bits per heavy atom. The fourth-order valence-electron chi connectivity index (χ4n) is 2.25. The number of fused-ring (bicyclic) bond motifs is 2. The second kappa shape index (κ2) is 3.27. The first-order chi connectivity index (χ1) is 8.09. The number of carbonyl (C=O) groups is 1. The number of rotatable bonds is 0. The third-order valence-corrected chi connectivity index (χ3v) is 3.44. The number of hydrogen-bond acceptors (Lipinski definition) is 2. The van der Waals surface area contributed by atoms with Crippen LogP contribution < -0.4 is 0 Å². The van der Waals surface area contributed by atoms with Crippen LogP contribution in [0.5, 0.6) is 0 Å². The summed E-state index contributed by atoms with van der Waals surface area (Å²) < 4.78 is 0. The summed E-state index contributed by atoms with van der Waals surface area (Å²) in [5.41, 5.74) is 2.43.